The van der Waals surface area contributed by atoms with Gasteiger partial charge in [0.15, 0.2) is 11.1 Å². The second-order valence-electron chi connectivity index (χ2n) is 7.70. The van der Waals surface area contributed by atoms with Crippen LogP contribution in [0.2, 0.25) is 0 Å². The minimum absolute atomic E-state index is 0.0548. The number of nitrogens with two attached hydrogens (primary N) is 1. The fraction of sp³-hybridized carbons (Fsp3) is 0.0435. The maximum atomic E-state index is 13.2. The summed E-state index contributed by atoms with van der Waals surface area (Å²) in [6, 6.07) is 9.92. The number of urea groups is 1. The average molecular weight is 507 g/mol. The molecule has 0 radical (unpaired) electrons. The summed E-state index contributed by atoms with van der Waals surface area (Å²) in [6.45, 7) is 0. The van der Waals surface area contributed by atoms with Crippen LogP contribution in [-0.4, -0.2) is 35.3 Å². The number of rotatable bonds is 4. The minimum Gasteiger partial charge on any atom is -0.383 e. The number of amides is 2. The largest absolute Gasteiger partial charge is 0.416 e. The SMILES string of the molecule is Nc1ncnc2c1c(=O)ccn2-c1ccc(NC(=O)Nc2cc(C(F)(F)F)ccc2-n2cncn2)cc1. The molecule has 0 aliphatic rings. The van der Waals surface area contributed by atoms with Crippen LogP contribution in [0.5, 0.6) is 0 Å². The van der Waals surface area contributed by atoms with Crippen LogP contribution >= 0.6 is 0 Å². The number of anilines is 3. The lowest BCUT2D eigenvalue weighted by Crippen LogP contribution is -2.21. The zero-order chi connectivity index (χ0) is 26.2. The fourth-order valence-electron chi connectivity index (χ4n) is 3.65. The minimum atomic E-state index is -4.61. The number of nitrogens with zero attached hydrogens (tertiary/aromatic N) is 6. The van der Waals surface area contributed by atoms with E-state index in [1.165, 1.54) is 42.0 Å². The van der Waals surface area contributed by atoms with Gasteiger partial charge in [0.2, 0.25) is 0 Å². The molecule has 0 aliphatic heterocycles. The molecule has 0 fully saturated rings. The summed E-state index contributed by atoms with van der Waals surface area (Å²) in [5, 5.41) is 9.10. The zero-order valence-electron chi connectivity index (χ0n) is 18.6. The number of hydrogen-bond donors (Lipinski definition) is 3. The maximum absolute atomic E-state index is 13.2. The highest BCUT2D eigenvalue weighted by molar-refractivity contribution is 6.01. The van der Waals surface area contributed by atoms with E-state index in [9.17, 15) is 22.8 Å². The van der Waals surface area contributed by atoms with Crippen molar-refractivity contribution < 1.29 is 18.0 Å². The Morgan fingerprint density at radius 2 is 1.76 bits per heavy atom. The van der Waals surface area contributed by atoms with Gasteiger partial charge < -0.3 is 20.9 Å². The van der Waals surface area contributed by atoms with Crippen molar-refractivity contribution in [2.45, 2.75) is 6.18 Å². The number of aromatic nitrogens is 6. The Morgan fingerprint density at radius 1 is 0.973 bits per heavy atom. The van der Waals surface area contributed by atoms with E-state index in [-0.39, 0.29) is 28.0 Å². The van der Waals surface area contributed by atoms with Crippen LogP contribution in [0.1, 0.15) is 5.56 Å². The van der Waals surface area contributed by atoms with Crippen molar-refractivity contribution >= 4 is 34.3 Å². The lowest BCUT2D eigenvalue weighted by atomic mass is 10.1. The third-order valence-electron chi connectivity index (χ3n) is 5.35. The molecule has 0 unspecified atom stereocenters. The molecule has 0 saturated heterocycles. The molecule has 2 amide bonds. The summed E-state index contributed by atoms with van der Waals surface area (Å²) >= 11 is 0. The highest BCUT2D eigenvalue weighted by Gasteiger charge is 2.31. The average Bonchev–Trinajstić information content (AvgIpc) is 3.39. The van der Waals surface area contributed by atoms with Gasteiger partial charge in [0.05, 0.1) is 16.9 Å². The number of halogens is 3. The number of alkyl halides is 3. The number of benzene rings is 2. The standard InChI is InChI=1S/C23H16F3N9O2/c24-23(25,26)13-1-6-17(35-12-28-10-31-35)16(9-13)33-22(37)32-14-2-4-15(5-3-14)34-8-7-18(36)19-20(27)29-11-30-21(19)34/h1-12H,(H2,27,29,30)(H2,32,33,37). The van der Waals surface area contributed by atoms with Crippen LogP contribution in [0, 0.1) is 0 Å². The number of carbonyl (C=O) groups is 1. The Hall–Kier alpha value is -5.27. The summed E-state index contributed by atoms with van der Waals surface area (Å²) in [5.41, 5.74) is 5.93. The number of carbonyl (C=O) groups excluding carboxylic acids is 1. The van der Waals surface area contributed by atoms with Gasteiger partial charge >= 0.3 is 12.2 Å². The predicted molar refractivity (Wildman–Crippen MR) is 129 cm³/mol. The zero-order valence-corrected chi connectivity index (χ0v) is 18.6. The molecule has 0 spiro atoms. The Kier molecular flexibility index (Phi) is 5.75. The first kappa shape index (κ1) is 23.5. The highest BCUT2D eigenvalue weighted by atomic mass is 19.4. The van der Waals surface area contributed by atoms with E-state index in [0.29, 0.717) is 17.0 Å². The number of nitrogen functional groups attached to an aromatic ring is 1. The maximum Gasteiger partial charge on any atom is 0.416 e. The second kappa shape index (κ2) is 9.07. The van der Waals surface area contributed by atoms with Crippen molar-refractivity contribution in [3.05, 3.63) is 89.5 Å². The Balaban J connectivity index is 1.39. The van der Waals surface area contributed by atoms with E-state index in [4.69, 9.17) is 5.73 Å². The van der Waals surface area contributed by atoms with Crippen molar-refractivity contribution in [1.82, 2.24) is 29.3 Å². The van der Waals surface area contributed by atoms with Crippen LogP contribution in [0.25, 0.3) is 22.4 Å². The third-order valence-corrected chi connectivity index (χ3v) is 5.35. The van der Waals surface area contributed by atoms with Gasteiger partial charge in [0, 0.05) is 23.6 Å². The molecule has 5 aromatic rings. The first-order valence-corrected chi connectivity index (χ1v) is 10.6. The van der Waals surface area contributed by atoms with Gasteiger partial charge in [-0.1, -0.05) is 0 Å². The Labute approximate surface area is 205 Å². The lowest BCUT2D eigenvalue weighted by Gasteiger charge is -2.15. The Morgan fingerprint density at radius 3 is 2.46 bits per heavy atom. The first-order chi connectivity index (χ1) is 17.7. The van der Waals surface area contributed by atoms with Gasteiger partial charge in [-0.2, -0.15) is 18.3 Å². The predicted octanol–water partition coefficient (Wildman–Crippen LogP) is 3.61. The molecule has 5 rings (SSSR count). The molecule has 37 heavy (non-hydrogen) atoms. The number of fused-ring (bicyclic) bond motifs is 1. The van der Waals surface area contributed by atoms with Crippen LogP contribution in [-0.2, 0) is 6.18 Å². The number of nitrogens with one attached hydrogen (secondary N) is 2. The summed E-state index contributed by atoms with van der Waals surface area (Å²) in [4.78, 5) is 36.6. The van der Waals surface area contributed by atoms with Crippen molar-refractivity contribution in [2.75, 3.05) is 16.4 Å². The Bertz CT molecular complexity index is 1660. The van der Waals surface area contributed by atoms with E-state index in [1.54, 1.807) is 28.8 Å². The molecule has 0 aliphatic carbocycles. The summed E-state index contributed by atoms with van der Waals surface area (Å²) in [6.07, 6.45) is 0.686. The molecule has 0 atom stereocenters. The van der Waals surface area contributed by atoms with Crippen LogP contribution in [0.3, 0.4) is 0 Å². The van der Waals surface area contributed by atoms with E-state index >= 15 is 0 Å². The number of hydrogen-bond acceptors (Lipinski definition) is 7. The van der Waals surface area contributed by atoms with Gasteiger partial charge in [-0.25, -0.2) is 24.4 Å². The van der Waals surface area contributed by atoms with E-state index in [2.05, 4.69) is 30.7 Å². The van der Waals surface area contributed by atoms with Crippen molar-refractivity contribution in [1.29, 1.82) is 0 Å². The van der Waals surface area contributed by atoms with E-state index in [1.807, 2.05) is 0 Å². The van der Waals surface area contributed by atoms with Crippen molar-refractivity contribution in [2.24, 2.45) is 0 Å². The lowest BCUT2D eigenvalue weighted by molar-refractivity contribution is -0.137. The molecule has 0 bridgehead atoms. The van der Waals surface area contributed by atoms with Crippen LogP contribution < -0.4 is 21.8 Å². The fourth-order valence-corrected chi connectivity index (χ4v) is 3.65. The smallest absolute Gasteiger partial charge is 0.383 e. The summed E-state index contributed by atoms with van der Waals surface area (Å²) in [5.74, 6) is 0.0548. The van der Waals surface area contributed by atoms with Gasteiger partial charge in [-0.15, -0.1) is 0 Å². The molecule has 2 aromatic carbocycles. The molecular weight excluding hydrogens is 491 g/mol. The van der Waals surface area contributed by atoms with Gasteiger partial charge in [-0.05, 0) is 42.5 Å². The van der Waals surface area contributed by atoms with Gasteiger partial charge in [0.1, 0.15) is 30.2 Å². The molecule has 186 valence electrons. The van der Waals surface area contributed by atoms with Crippen LogP contribution in [0.4, 0.5) is 35.2 Å². The molecular formula is C23H16F3N9O2. The third kappa shape index (κ3) is 4.67. The molecule has 3 aromatic heterocycles. The normalized spacial score (nSPS) is 11.4. The van der Waals surface area contributed by atoms with Crippen LogP contribution in [0.15, 0.2) is 78.5 Å². The number of pyridine rings is 1. The summed E-state index contributed by atoms with van der Waals surface area (Å²) in [7, 11) is 0. The second-order valence-corrected chi connectivity index (χ2v) is 7.70. The van der Waals surface area contributed by atoms with Crippen molar-refractivity contribution in [3.63, 3.8) is 0 Å². The van der Waals surface area contributed by atoms with E-state index in [0.717, 1.165) is 12.1 Å². The van der Waals surface area contributed by atoms with Gasteiger partial charge in [0.25, 0.3) is 0 Å². The van der Waals surface area contributed by atoms with Crippen molar-refractivity contribution in [3.8, 4) is 11.4 Å². The molecule has 11 nitrogen and oxygen atoms in total. The van der Waals surface area contributed by atoms with Gasteiger partial charge in [-0.3, -0.25) is 4.79 Å². The summed E-state index contributed by atoms with van der Waals surface area (Å²) < 4.78 is 42.6. The topological polar surface area (TPSA) is 146 Å². The van der Waals surface area contributed by atoms with E-state index < -0.39 is 17.8 Å². The molecule has 0 saturated carbocycles. The highest BCUT2D eigenvalue weighted by Crippen LogP contribution is 2.33. The molecule has 3 heterocycles. The molecule has 14 heteroatoms. The first-order valence-electron chi connectivity index (χ1n) is 10.6. The quantitative estimate of drug-likeness (QED) is 0.337. The monoisotopic (exact) mass is 507 g/mol. The molecule has 4 N–H and O–H groups in total.